The molecule has 0 unspecified atom stereocenters. The summed E-state index contributed by atoms with van der Waals surface area (Å²) in [5.41, 5.74) is -0.996. The Hall–Kier alpha value is -3.43. The Morgan fingerprint density at radius 1 is 0.839 bits per heavy atom. The molecule has 1 heterocycles. The molecule has 0 radical (unpaired) electrons. The minimum absolute atomic E-state index is 0.159. The lowest BCUT2D eigenvalue weighted by molar-refractivity contribution is -0.170. The molecule has 3 aromatic rings. The highest BCUT2D eigenvalue weighted by atomic mass is 19.4. The predicted molar refractivity (Wildman–Crippen MR) is 98.8 cm³/mol. The molecule has 0 aliphatic rings. The maximum atomic E-state index is 13.2. The lowest BCUT2D eigenvalue weighted by atomic mass is 9.97. The van der Waals surface area contributed by atoms with Crippen LogP contribution in [0.15, 0.2) is 60.7 Å². The van der Waals surface area contributed by atoms with Crippen molar-refractivity contribution in [2.45, 2.75) is 25.2 Å². The zero-order valence-corrected chi connectivity index (χ0v) is 15.7. The third-order valence-electron chi connectivity index (χ3n) is 4.29. The Kier molecular flexibility index (Phi) is 6.01. The molecular weight excluding hydrogens is 426 g/mol. The van der Waals surface area contributed by atoms with Gasteiger partial charge in [0.2, 0.25) is 5.78 Å². The lowest BCUT2D eigenvalue weighted by Crippen LogP contribution is -2.26. The number of aromatic nitrogens is 2. The van der Waals surface area contributed by atoms with Gasteiger partial charge >= 0.3 is 12.4 Å². The average molecular weight is 440 g/mol. The number of hydrogen-bond acceptors (Lipinski definition) is 3. The summed E-state index contributed by atoms with van der Waals surface area (Å²) >= 11 is 0. The van der Waals surface area contributed by atoms with Gasteiger partial charge in [0.1, 0.15) is 5.69 Å². The first-order chi connectivity index (χ1) is 14.5. The first kappa shape index (κ1) is 22.3. The van der Waals surface area contributed by atoms with Crippen LogP contribution < -0.4 is 0 Å². The fraction of sp³-hybridized carbons (Fsp3) is 0.190. The first-order valence-corrected chi connectivity index (χ1v) is 8.90. The SMILES string of the molecule is O=C(CC(=O)C(F)(F)F)c1c(-c2ccccc2)c(CC(F)(F)F)nn1-c1ccccc1. The van der Waals surface area contributed by atoms with Gasteiger partial charge in [-0.25, -0.2) is 4.68 Å². The monoisotopic (exact) mass is 440 g/mol. The van der Waals surface area contributed by atoms with E-state index in [0.717, 1.165) is 4.68 Å². The number of benzene rings is 2. The van der Waals surface area contributed by atoms with Gasteiger partial charge in [0.05, 0.1) is 24.2 Å². The van der Waals surface area contributed by atoms with Gasteiger partial charge in [0, 0.05) is 5.56 Å². The second-order valence-corrected chi connectivity index (χ2v) is 6.60. The van der Waals surface area contributed by atoms with Crippen molar-refractivity contribution in [1.82, 2.24) is 9.78 Å². The smallest absolute Gasteiger partial charge is 0.292 e. The van der Waals surface area contributed by atoms with Crippen molar-refractivity contribution < 1.29 is 35.9 Å². The van der Waals surface area contributed by atoms with E-state index in [-0.39, 0.29) is 16.8 Å². The summed E-state index contributed by atoms with van der Waals surface area (Å²) in [6, 6.07) is 14.9. The molecule has 0 spiro atoms. The molecular formula is C21H14F6N2O2. The normalized spacial score (nSPS) is 12.1. The summed E-state index contributed by atoms with van der Waals surface area (Å²) in [5, 5.41) is 3.92. The van der Waals surface area contributed by atoms with Gasteiger partial charge in [-0.2, -0.15) is 31.4 Å². The Morgan fingerprint density at radius 3 is 1.90 bits per heavy atom. The Morgan fingerprint density at radius 2 is 1.39 bits per heavy atom. The van der Waals surface area contributed by atoms with Crippen LogP contribution in [0.2, 0.25) is 0 Å². The molecule has 162 valence electrons. The summed E-state index contributed by atoms with van der Waals surface area (Å²) in [5.74, 6) is -3.58. The number of hydrogen-bond donors (Lipinski definition) is 0. The van der Waals surface area contributed by atoms with Crippen molar-refractivity contribution in [2.75, 3.05) is 0 Å². The van der Waals surface area contributed by atoms with Crippen molar-refractivity contribution >= 4 is 11.6 Å². The maximum Gasteiger partial charge on any atom is 0.450 e. The molecule has 0 atom stereocenters. The van der Waals surface area contributed by atoms with Crippen LogP contribution in [-0.2, 0) is 11.2 Å². The van der Waals surface area contributed by atoms with E-state index in [0.29, 0.717) is 0 Å². The van der Waals surface area contributed by atoms with Crippen LogP contribution in [0, 0.1) is 0 Å². The molecule has 4 nitrogen and oxygen atoms in total. The van der Waals surface area contributed by atoms with Gasteiger partial charge in [0.15, 0.2) is 5.78 Å². The standard InChI is InChI=1S/C21H14F6N2O2/c22-20(23,24)12-15-18(13-7-3-1-4-8-13)19(16(30)11-17(31)21(25,26)27)29(28-15)14-9-5-2-6-10-14/h1-10H,11-12H2. The highest BCUT2D eigenvalue weighted by Gasteiger charge is 2.41. The first-order valence-electron chi connectivity index (χ1n) is 8.90. The number of carbonyl (C=O) groups excluding carboxylic acids is 2. The number of halogens is 6. The predicted octanol–water partition coefficient (Wildman–Crippen LogP) is 5.35. The lowest BCUT2D eigenvalue weighted by Gasteiger charge is -2.10. The number of rotatable bonds is 6. The molecule has 0 bridgehead atoms. The summed E-state index contributed by atoms with van der Waals surface area (Å²) in [6.07, 6.45) is -13.0. The highest BCUT2D eigenvalue weighted by Crippen LogP contribution is 2.34. The molecule has 0 fully saturated rings. The molecule has 0 aliphatic carbocycles. The molecule has 0 saturated carbocycles. The highest BCUT2D eigenvalue weighted by molar-refractivity contribution is 6.12. The Balaban J connectivity index is 2.26. The molecule has 2 aromatic carbocycles. The molecule has 0 amide bonds. The van der Waals surface area contributed by atoms with Gasteiger partial charge in [-0.05, 0) is 17.7 Å². The van der Waals surface area contributed by atoms with Crippen molar-refractivity contribution in [3.63, 3.8) is 0 Å². The summed E-state index contributed by atoms with van der Waals surface area (Å²) in [4.78, 5) is 24.2. The summed E-state index contributed by atoms with van der Waals surface area (Å²) in [6.45, 7) is 0. The van der Waals surface area contributed by atoms with Crippen LogP contribution in [0.1, 0.15) is 22.6 Å². The number of ketones is 2. The quantitative estimate of drug-likeness (QED) is 0.295. The molecule has 0 N–H and O–H groups in total. The van der Waals surface area contributed by atoms with Gasteiger partial charge in [0.25, 0.3) is 0 Å². The van der Waals surface area contributed by atoms with Crippen LogP contribution in [0.5, 0.6) is 0 Å². The van der Waals surface area contributed by atoms with Crippen LogP contribution in [-0.4, -0.2) is 33.7 Å². The second kappa shape index (κ2) is 8.37. The molecule has 0 aliphatic heterocycles. The zero-order valence-electron chi connectivity index (χ0n) is 15.7. The second-order valence-electron chi connectivity index (χ2n) is 6.60. The van der Waals surface area contributed by atoms with Crippen LogP contribution >= 0.6 is 0 Å². The van der Waals surface area contributed by atoms with Gasteiger partial charge in [-0.3, -0.25) is 9.59 Å². The van der Waals surface area contributed by atoms with E-state index >= 15 is 0 Å². The number of carbonyl (C=O) groups is 2. The molecule has 10 heteroatoms. The van der Waals surface area contributed by atoms with Crippen molar-refractivity contribution in [3.05, 3.63) is 72.1 Å². The Labute approximate surface area is 172 Å². The minimum atomic E-state index is -5.25. The fourth-order valence-electron chi connectivity index (χ4n) is 3.03. The van der Waals surface area contributed by atoms with E-state index in [2.05, 4.69) is 5.10 Å². The van der Waals surface area contributed by atoms with Crippen molar-refractivity contribution in [2.24, 2.45) is 0 Å². The largest absolute Gasteiger partial charge is 0.450 e. The number of para-hydroxylation sites is 1. The Bertz CT molecular complexity index is 1090. The van der Waals surface area contributed by atoms with Crippen LogP contribution in [0.4, 0.5) is 26.3 Å². The van der Waals surface area contributed by atoms with Crippen LogP contribution in [0.3, 0.4) is 0 Å². The number of Topliss-reactive ketones (excluding diaryl/α,β-unsaturated/α-hetero) is 2. The van der Waals surface area contributed by atoms with E-state index in [1.807, 2.05) is 0 Å². The summed E-state index contributed by atoms with van der Waals surface area (Å²) < 4.78 is 78.7. The van der Waals surface area contributed by atoms with E-state index < -0.39 is 48.1 Å². The van der Waals surface area contributed by atoms with Gasteiger partial charge in [-0.15, -0.1) is 0 Å². The van der Waals surface area contributed by atoms with E-state index in [1.165, 1.54) is 48.5 Å². The van der Waals surface area contributed by atoms with E-state index in [9.17, 15) is 35.9 Å². The number of nitrogens with zero attached hydrogens (tertiary/aromatic N) is 2. The average Bonchev–Trinajstić information content (AvgIpc) is 3.06. The maximum absolute atomic E-state index is 13.2. The molecule has 3 rings (SSSR count). The van der Waals surface area contributed by atoms with Crippen molar-refractivity contribution in [3.8, 4) is 16.8 Å². The minimum Gasteiger partial charge on any atom is -0.292 e. The third-order valence-corrected chi connectivity index (χ3v) is 4.29. The van der Waals surface area contributed by atoms with Crippen molar-refractivity contribution in [1.29, 1.82) is 0 Å². The van der Waals surface area contributed by atoms with Crippen LogP contribution in [0.25, 0.3) is 16.8 Å². The summed E-state index contributed by atoms with van der Waals surface area (Å²) in [7, 11) is 0. The topological polar surface area (TPSA) is 52.0 Å². The molecule has 31 heavy (non-hydrogen) atoms. The van der Waals surface area contributed by atoms with E-state index in [1.54, 1.807) is 12.1 Å². The van der Waals surface area contributed by atoms with Gasteiger partial charge < -0.3 is 0 Å². The molecule has 0 saturated heterocycles. The molecule has 1 aromatic heterocycles. The van der Waals surface area contributed by atoms with E-state index in [4.69, 9.17) is 0 Å². The van der Waals surface area contributed by atoms with Gasteiger partial charge in [-0.1, -0.05) is 48.5 Å². The number of alkyl halides is 6. The zero-order chi connectivity index (χ0) is 22.8. The fourth-order valence-corrected chi connectivity index (χ4v) is 3.03. The third kappa shape index (κ3) is 5.19.